The van der Waals surface area contributed by atoms with Crippen molar-refractivity contribution in [1.29, 1.82) is 0 Å². The van der Waals surface area contributed by atoms with E-state index in [1.165, 1.54) is 24.6 Å². The first kappa shape index (κ1) is 40.2. The van der Waals surface area contributed by atoms with Crippen LogP contribution in [-0.2, 0) is 9.59 Å². The highest BCUT2D eigenvalue weighted by atomic mass is 16.6. The van der Waals surface area contributed by atoms with E-state index in [4.69, 9.17) is 23.2 Å². The number of carboxylic acids is 2. The smallest absolute Gasteiger partial charge is 0.453 e. The van der Waals surface area contributed by atoms with Crippen molar-refractivity contribution in [2.24, 2.45) is 23.2 Å². The molecule has 0 spiro atoms. The third-order valence-corrected chi connectivity index (χ3v) is 6.02. The molecule has 0 aliphatic rings. The predicted octanol–water partition coefficient (Wildman–Crippen LogP) is -2.33. The molecular formula is C32H32N12O8. The second-order valence-corrected chi connectivity index (χ2v) is 9.40. The van der Waals surface area contributed by atoms with Crippen LogP contribution < -0.4 is 53.6 Å². The molecule has 2 aromatic carbocycles. The van der Waals surface area contributed by atoms with Gasteiger partial charge < -0.3 is 28.9 Å². The molecule has 4 rings (SSSR count). The number of aliphatic carboxylic acids is 2. The van der Waals surface area contributed by atoms with Crippen LogP contribution in [0, 0.1) is 20.2 Å². The molecule has 0 amide bonds. The number of nitrogens with one attached hydrogen (secondary N) is 2. The topological polar surface area (TPSA) is 333 Å². The normalized spacial score (nSPS) is 10.1. The lowest BCUT2D eigenvalue weighted by Gasteiger charge is -2.06. The zero-order valence-electron chi connectivity index (χ0n) is 27.0. The monoisotopic (exact) mass is 712 g/mol. The number of hydrogen-bond acceptors (Lipinski definition) is 10. The predicted molar refractivity (Wildman–Crippen MR) is 191 cm³/mol. The van der Waals surface area contributed by atoms with Gasteiger partial charge in [-0.05, 0) is 72.9 Å². The van der Waals surface area contributed by atoms with Gasteiger partial charge in [-0.1, -0.05) is 24.3 Å². The number of hydrazine groups is 2. The third-order valence-electron chi connectivity index (χ3n) is 6.02. The minimum Gasteiger partial charge on any atom is -0.545 e. The van der Waals surface area contributed by atoms with Crippen LogP contribution in [0.4, 0.5) is 11.4 Å². The van der Waals surface area contributed by atoms with E-state index < -0.39 is 21.8 Å². The Kier molecular flexibility index (Phi) is 16.3. The van der Waals surface area contributed by atoms with Gasteiger partial charge in [0, 0.05) is 35.9 Å². The number of guanidine groups is 2. The van der Waals surface area contributed by atoms with Crippen molar-refractivity contribution in [2.75, 3.05) is 0 Å². The summed E-state index contributed by atoms with van der Waals surface area (Å²) >= 11 is 0. The maximum Gasteiger partial charge on any atom is 0.453 e. The summed E-state index contributed by atoms with van der Waals surface area (Å²) in [5.41, 5.74) is 17.7. The molecule has 52 heavy (non-hydrogen) atoms. The Labute approximate surface area is 294 Å². The quantitative estimate of drug-likeness (QED) is 0.0191. The Hall–Kier alpha value is -8.02. The summed E-state index contributed by atoms with van der Waals surface area (Å²) in [6.07, 6.45) is 14.0. The van der Waals surface area contributed by atoms with Gasteiger partial charge in [0.15, 0.2) is 12.4 Å². The molecule has 0 saturated carbocycles. The Morgan fingerprint density at radius 2 is 1.00 bits per heavy atom. The standard InChI is InChI=1S/2C14H14N6O2.C4H4O4/c2*15-14(18-16)17-9-3-5-11-6-4-10-19(11)12-7-1-2-8-13(12)20(21)22;5-3(6)1-2-4(7)8/h2*1-10H,16H2,(H2,15,18);1-2H,(H,5,6)(H,7,8)/b;;2-1+. The first-order chi connectivity index (χ1) is 24.9. The van der Waals surface area contributed by atoms with Crippen LogP contribution in [0.1, 0.15) is 11.4 Å². The molecule has 10 N–H and O–H groups in total. The molecular weight excluding hydrogens is 680 g/mol. The van der Waals surface area contributed by atoms with Crippen LogP contribution in [-0.4, -0.2) is 55.3 Å². The Bertz CT molecular complexity index is 1950. The van der Waals surface area contributed by atoms with E-state index >= 15 is 0 Å². The molecule has 0 bridgehead atoms. The molecule has 0 atom stereocenters. The minimum atomic E-state index is -1.55. The van der Waals surface area contributed by atoms with Crippen LogP contribution in [0.3, 0.4) is 0 Å². The van der Waals surface area contributed by atoms with Gasteiger partial charge in [0.05, 0.1) is 21.8 Å². The second-order valence-electron chi connectivity index (χ2n) is 9.40. The third kappa shape index (κ3) is 13.2. The van der Waals surface area contributed by atoms with E-state index in [1.807, 2.05) is 12.1 Å². The summed E-state index contributed by atoms with van der Waals surface area (Å²) in [5, 5.41) is 41.1. The molecule has 0 aliphatic carbocycles. The molecule has 20 heteroatoms. The van der Waals surface area contributed by atoms with Gasteiger partial charge in [-0.3, -0.25) is 31.7 Å². The fourth-order valence-corrected chi connectivity index (χ4v) is 3.88. The summed E-state index contributed by atoms with van der Waals surface area (Å²) in [5.74, 6) is 7.22. The summed E-state index contributed by atoms with van der Waals surface area (Å²) in [4.78, 5) is 40.2. The maximum atomic E-state index is 11.1. The van der Waals surface area contributed by atoms with Crippen molar-refractivity contribution < 1.29 is 29.6 Å². The number of benzene rings is 2. The summed E-state index contributed by atoms with van der Waals surface area (Å²) in [6.45, 7) is 0. The zero-order valence-corrected chi connectivity index (χ0v) is 27.0. The van der Waals surface area contributed by atoms with Crippen molar-refractivity contribution in [3.05, 3.63) is 141 Å². The Morgan fingerprint density at radius 3 is 1.33 bits per heavy atom. The van der Waals surface area contributed by atoms with Gasteiger partial charge in [0.25, 0.3) is 11.4 Å². The number of nitro groups is 2. The lowest BCUT2D eigenvalue weighted by Crippen LogP contribution is -2.38. The van der Waals surface area contributed by atoms with Crippen LogP contribution in [0.2, 0.25) is 0 Å². The Morgan fingerprint density at radius 1 is 0.635 bits per heavy atom. The SMILES string of the molecule is NNC(N)=[N+]=CC=Cc1cccn1-c1ccccc1[N+](=O)[O-].NNC(N)=[N+]=CC=Cc1cccn1-c1ccccc1[N+](=O)[O-].O=C([O-])/C=C/C(=O)[O-]. The molecule has 2 heterocycles. The summed E-state index contributed by atoms with van der Waals surface area (Å²) in [6, 6.07) is 20.3. The van der Waals surface area contributed by atoms with E-state index in [0.717, 1.165) is 11.4 Å². The zero-order chi connectivity index (χ0) is 38.5. The van der Waals surface area contributed by atoms with Crippen LogP contribution in [0.25, 0.3) is 23.5 Å². The molecule has 0 unspecified atom stereocenters. The second kappa shape index (κ2) is 21.1. The number of rotatable bonds is 10. The van der Waals surface area contributed by atoms with Crippen molar-refractivity contribution >= 4 is 59.8 Å². The van der Waals surface area contributed by atoms with E-state index in [9.17, 15) is 40.0 Å². The largest absolute Gasteiger partial charge is 0.545 e. The van der Waals surface area contributed by atoms with Crippen molar-refractivity contribution in [3.8, 4) is 11.4 Å². The number of aromatic nitrogens is 2. The van der Waals surface area contributed by atoms with Crippen LogP contribution >= 0.6 is 0 Å². The number of allylic oxidation sites excluding steroid dienone is 2. The molecule has 4 aromatic rings. The summed E-state index contributed by atoms with van der Waals surface area (Å²) in [7, 11) is 0. The highest BCUT2D eigenvalue weighted by molar-refractivity contribution is 5.88. The molecule has 0 radical (unpaired) electrons. The number of carboxylic acid groups (broad SMARTS) is 2. The summed E-state index contributed by atoms with van der Waals surface area (Å²) < 4.78 is 11.1. The van der Waals surface area contributed by atoms with Crippen molar-refractivity contribution in [3.63, 3.8) is 0 Å². The lowest BCUT2D eigenvalue weighted by molar-refractivity contribution is -0.384. The number of para-hydroxylation sites is 4. The van der Waals surface area contributed by atoms with Crippen LogP contribution in [0.15, 0.2) is 109 Å². The van der Waals surface area contributed by atoms with Gasteiger partial charge in [0.2, 0.25) is 0 Å². The average molecular weight is 713 g/mol. The van der Waals surface area contributed by atoms with Crippen molar-refractivity contribution in [2.45, 2.75) is 0 Å². The highest BCUT2D eigenvalue weighted by Crippen LogP contribution is 2.25. The lowest BCUT2D eigenvalue weighted by atomic mass is 10.2. The van der Waals surface area contributed by atoms with E-state index in [1.54, 1.807) is 94.4 Å². The number of nitrogens with zero attached hydrogens (tertiary/aromatic N) is 6. The average Bonchev–Trinajstić information content (AvgIpc) is 3.81. The van der Waals surface area contributed by atoms with E-state index in [2.05, 4.69) is 20.2 Å². The fraction of sp³-hybridized carbons (Fsp3) is 0. The highest BCUT2D eigenvalue weighted by Gasteiger charge is 2.16. The van der Waals surface area contributed by atoms with Gasteiger partial charge in [-0.2, -0.15) is 22.5 Å². The molecule has 0 saturated heterocycles. The Balaban J connectivity index is 0.000000299. The molecule has 268 valence electrons. The maximum absolute atomic E-state index is 11.1. The van der Waals surface area contributed by atoms with E-state index in [0.29, 0.717) is 23.5 Å². The number of carbonyl (C=O) groups is 2. The van der Waals surface area contributed by atoms with Crippen LogP contribution in [0.5, 0.6) is 0 Å². The van der Waals surface area contributed by atoms with Gasteiger partial charge in [0.1, 0.15) is 11.4 Å². The first-order valence-corrected chi connectivity index (χ1v) is 14.4. The molecule has 0 fully saturated rings. The van der Waals surface area contributed by atoms with Gasteiger partial charge in [-0.25, -0.2) is 9.34 Å². The van der Waals surface area contributed by atoms with Gasteiger partial charge >= 0.3 is 11.9 Å². The van der Waals surface area contributed by atoms with Crippen molar-refractivity contribution in [1.82, 2.24) is 29.3 Å². The molecule has 0 aliphatic heterocycles. The number of nitrogens with two attached hydrogens (primary N) is 4. The molecule has 2 aromatic heterocycles. The molecule has 20 nitrogen and oxygen atoms in total. The first-order valence-electron chi connectivity index (χ1n) is 14.4. The number of hydrogen-bond donors (Lipinski definition) is 6. The fourth-order valence-electron chi connectivity index (χ4n) is 3.88. The van der Waals surface area contributed by atoms with E-state index in [-0.39, 0.29) is 23.3 Å². The number of nitro benzene ring substituents is 2. The van der Waals surface area contributed by atoms with Gasteiger partial charge in [-0.15, -0.1) is 0 Å². The minimum absolute atomic E-state index is 0.0342. The number of carbonyl (C=O) groups excluding carboxylic acids is 2.